The van der Waals surface area contributed by atoms with Gasteiger partial charge in [0.15, 0.2) is 0 Å². The van der Waals surface area contributed by atoms with E-state index in [4.69, 9.17) is 0 Å². The second kappa shape index (κ2) is 4.57. The molecular formula is C16H19NO2. The predicted octanol–water partition coefficient (Wildman–Crippen LogP) is 3.62. The van der Waals surface area contributed by atoms with Crippen molar-refractivity contribution in [2.24, 2.45) is 7.05 Å². The van der Waals surface area contributed by atoms with Gasteiger partial charge in [0.1, 0.15) is 0 Å². The van der Waals surface area contributed by atoms with Crippen molar-refractivity contribution in [2.75, 3.05) is 0 Å². The van der Waals surface area contributed by atoms with Crippen molar-refractivity contribution in [3.63, 3.8) is 0 Å². The lowest BCUT2D eigenvalue weighted by atomic mass is 9.96. The first-order valence-corrected chi connectivity index (χ1v) is 6.30. The largest absolute Gasteiger partial charge is 0.478 e. The van der Waals surface area contributed by atoms with Gasteiger partial charge in [0, 0.05) is 18.8 Å². The summed E-state index contributed by atoms with van der Waals surface area (Å²) in [4.78, 5) is 11.2. The average Bonchev–Trinajstić information content (AvgIpc) is 2.60. The van der Waals surface area contributed by atoms with Crippen LogP contribution < -0.4 is 0 Å². The number of carboxylic acid groups (broad SMARTS) is 1. The smallest absolute Gasteiger partial charge is 0.337 e. The van der Waals surface area contributed by atoms with Crippen LogP contribution in [0.5, 0.6) is 0 Å². The molecule has 0 aliphatic heterocycles. The van der Waals surface area contributed by atoms with Crippen molar-refractivity contribution in [1.82, 2.24) is 4.57 Å². The van der Waals surface area contributed by atoms with E-state index < -0.39 is 5.97 Å². The molecule has 1 aromatic heterocycles. The summed E-state index contributed by atoms with van der Waals surface area (Å²) >= 11 is 0. The van der Waals surface area contributed by atoms with E-state index in [0.29, 0.717) is 5.56 Å². The number of aryl methyl sites for hydroxylation is 4. The molecule has 2 aromatic rings. The summed E-state index contributed by atoms with van der Waals surface area (Å²) in [5.41, 5.74) is 6.93. The summed E-state index contributed by atoms with van der Waals surface area (Å²) in [7, 11) is 1.89. The van der Waals surface area contributed by atoms with Gasteiger partial charge in [-0.05, 0) is 56.0 Å². The predicted molar refractivity (Wildman–Crippen MR) is 76.8 cm³/mol. The minimum absolute atomic E-state index is 0.370. The lowest BCUT2D eigenvalue weighted by Crippen LogP contribution is -1.97. The molecule has 0 saturated heterocycles. The topological polar surface area (TPSA) is 42.2 Å². The SMILES string of the molecule is Cc1cc(C)c(-c2c(C)c(C(=O)O)cn2C)cc1C. The Morgan fingerprint density at radius 1 is 1.05 bits per heavy atom. The third kappa shape index (κ3) is 2.16. The molecule has 1 heterocycles. The molecule has 0 amide bonds. The van der Waals surface area contributed by atoms with Crippen molar-refractivity contribution in [3.8, 4) is 11.3 Å². The molecule has 0 spiro atoms. The minimum Gasteiger partial charge on any atom is -0.478 e. The van der Waals surface area contributed by atoms with Crippen LogP contribution in [0.3, 0.4) is 0 Å². The molecule has 0 saturated carbocycles. The van der Waals surface area contributed by atoms with Gasteiger partial charge in [-0.15, -0.1) is 0 Å². The summed E-state index contributed by atoms with van der Waals surface area (Å²) in [6.07, 6.45) is 1.68. The van der Waals surface area contributed by atoms with Crippen LogP contribution in [0.15, 0.2) is 18.3 Å². The number of benzene rings is 1. The fourth-order valence-corrected chi connectivity index (χ4v) is 2.57. The van der Waals surface area contributed by atoms with Crippen LogP contribution in [0.2, 0.25) is 0 Å². The molecule has 19 heavy (non-hydrogen) atoms. The number of aromatic carboxylic acids is 1. The second-order valence-electron chi connectivity index (χ2n) is 5.18. The number of nitrogens with zero attached hydrogens (tertiary/aromatic N) is 1. The van der Waals surface area contributed by atoms with Crippen LogP contribution in [-0.4, -0.2) is 15.6 Å². The first-order valence-electron chi connectivity index (χ1n) is 6.30. The number of rotatable bonds is 2. The first kappa shape index (κ1) is 13.4. The van der Waals surface area contributed by atoms with Gasteiger partial charge in [-0.2, -0.15) is 0 Å². The Bertz CT molecular complexity index is 666. The van der Waals surface area contributed by atoms with Crippen molar-refractivity contribution in [1.29, 1.82) is 0 Å². The monoisotopic (exact) mass is 257 g/mol. The van der Waals surface area contributed by atoms with E-state index in [2.05, 4.69) is 32.9 Å². The lowest BCUT2D eigenvalue weighted by molar-refractivity contribution is 0.0696. The number of hydrogen-bond acceptors (Lipinski definition) is 1. The van der Waals surface area contributed by atoms with E-state index in [9.17, 15) is 9.90 Å². The van der Waals surface area contributed by atoms with Crippen molar-refractivity contribution < 1.29 is 9.90 Å². The summed E-state index contributed by atoms with van der Waals surface area (Å²) in [6, 6.07) is 4.29. The van der Waals surface area contributed by atoms with Crippen molar-refractivity contribution in [3.05, 3.63) is 46.1 Å². The first-order chi connectivity index (χ1) is 8.82. The maximum absolute atomic E-state index is 11.2. The van der Waals surface area contributed by atoms with Gasteiger partial charge in [0.25, 0.3) is 0 Å². The Morgan fingerprint density at radius 3 is 2.16 bits per heavy atom. The van der Waals surface area contributed by atoms with E-state index in [-0.39, 0.29) is 0 Å². The van der Waals surface area contributed by atoms with E-state index in [1.54, 1.807) is 6.20 Å². The van der Waals surface area contributed by atoms with Crippen LogP contribution in [-0.2, 0) is 7.05 Å². The van der Waals surface area contributed by atoms with E-state index >= 15 is 0 Å². The maximum Gasteiger partial charge on any atom is 0.337 e. The molecule has 0 aliphatic carbocycles. The van der Waals surface area contributed by atoms with E-state index in [0.717, 1.165) is 16.8 Å². The summed E-state index contributed by atoms with van der Waals surface area (Å²) < 4.78 is 1.90. The normalized spacial score (nSPS) is 10.8. The summed E-state index contributed by atoms with van der Waals surface area (Å²) in [6.45, 7) is 8.10. The number of carbonyl (C=O) groups is 1. The molecule has 0 aliphatic rings. The molecule has 0 radical (unpaired) electrons. The molecule has 1 aromatic carbocycles. The standard InChI is InChI=1S/C16H19NO2/c1-9-6-11(3)13(7-10(9)2)15-12(4)14(16(18)19)8-17(15)5/h6-8H,1-5H3,(H,18,19). The Kier molecular flexibility index (Phi) is 3.23. The van der Waals surface area contributed by atoms with Gasteiger partial charge in [0.2, 0.25) is 0 Å². The molecule has 3 heteroatoms. The van der Waals surface area contributed by atoms with Gasteiger partial charge >= 0.3 is 5.97 Å². The maximum atomic E-state index is 11.2. The third-order valence-corrected chi connectivity index (χ3v) is 3.76. The highest BCUT2D eigenvalue weighted by molar-refractivity contribution is 5.92. The molecule has 100 valence electrons. The molecule has 3 nitrogen and oxygen atoms in total. The minimum atomic E-state index is -0.874. The fraction of sp³-hybridized carbons (Fsp3) is 0.312. The number of aromatic nitrogens is 1. The fourth-order valence-electron chi connectivity index (χ4n) is 2.57. The Labute approximate surface area is 113 Å². The van der Waals surface area contributed by atoms with Gasteiger partial charge in [-0.3, -0.25) is 0 Å². The zero-order valence-electron chi connectivity index (χ0n) is 12.0. The van der Waals surface area contributed by atoms with Crippen LogP contribution in [0.25, 0.3) is 11.3 Å². The van der Waals surface area contributed by atoms with Crippen LogP contribution in [0.1, 0.15) is 32.6 Å². The Hall–Kier alpha value is -2.03. The summed E-state index contributed by atoms with van der Waals surface area (Å²) in [5.74, 6) is -0.874. The number of hydrogen-bond donors (Lipinski definition) is 1. The lowest BCUT2D eigenvalue weighted by Gasteiger charge is -2.12. The molecule has 1 N–H and O–H groups in total. The molecule has 0 fully saturated rings. The Morgan fingerprint density at radius 2 is 1.63 bits per heavy atom. The van der Waals surface area contributed by atoms with Crippen molar-refractivity contribution >= 4 is 5.97 Å². The zero-order valence-corrected chi connectivity index (χ0v) is 12.0. The average molecular weight is 257 g/mol. The molecular weight excluding hydrogens is 238 g/mol. The highest BCUT2D eigenvalue weighted by Gasteiger charge is 2.18. The molecule has 0 unspecified atom stereocenters. The van der Waals surface area contributed by atoms with Gasteiger partial charge in [-0.1, -0.05) is 6.07 Å². The summed E-state index contributed by atoms with van der Waals surface area (Å²) in [5, 5.41) is 9.21. The molecule has 2 rings (SSSR count). The van der Waals surface area contributed by atoms with Crippen LogP contribution >= 0.6 is 0 Å². The highest BCUT2D eigenvalue weighted by Crippen LogP contribution is 2.31. The van der Waals surface area contributed by atoms with Gasteiger partial charge in [-0.25, -0.2) is 4.79 Å². The Balaban J connectivity index is 2.73. The quantitative estimate of drug-likeness (QED) is 0.892. The van der Waals surface area contributed by atoms with Crippen LogP contribution in [0, 0.1) is 27.7 Å². The third-order valence-electron chi connectivity index (χ3n) is 3.76. The van der Waals surface area contributed by atoms with Crippen LogP contribution in [0.4, 0.5) is 0 Å². The van der Waals surface area contributed by atoms with E-state index in [1.807, 2.05) is 18.5 Å². The zero-order chi connectivity index (χ0) is 14.3. The van der Waals surface area contributed by atoms with Gasteiger partial charge < -0.3 is 9.67 Å². The van der Waals surface area contributed by atoms with Gasteiger partial charge in [0.05, 0.1) is 11.3 Å². The second-order valence-corrected chi connectivity index (χ2v) is 5.18. The van der Waals surface area contributed by atoms with E-state index in [1.165, 1.54) is 16.7 Å². The molecule has 0 bridgehead atoms. The molecule has 0 atom stereocenters. The highest BCUT2D eigenvalue weighted by atomic mass is 16.4. The number of carboxylic acids is 1. The van der Waals surface area contributed by atoms with Crippen molar-refractivity contribution in [2.45, 2.75) is 27.7 Å².